The largest absolute Gasteiger partial charge is 0.0942 e. The zero-order chi connectivity index (χ0) is 11.7. The van der Waals surface area contributed by atoms with Gasteiger partial charge < -0.3 is 0 Å². The van der Waals surface area contributed by atoms with Gasteiger partial charge in [-0.2, -0.15) is 0 Å². The van der Waals surface area contributed by atoms with E-state index in [1.54, 1.807) is 0 Å². The van der Waals surface area contributed by atoms with Crippen molar-refractivity contribution in [2.24, 2.45) is 0 Å². The smallest absolute Gasteiger partial charge is 0.0119 e. The predicted octanol–water partition coefficient (Wildman–Crippen LogP) is 4.68. The third kappa shape index (κ3) is 2.29. The summed E-state index contributed by atoms with van der Waals surface area (Å²) in [5.41, 5.74) is 4.14. The topological polar surface area (TPSA) is 0 Å². The fourth-order valence-corrected chi connectivity index (χ4v) is 3.06. The van der Waals surface area contributed by atoms with Gasteiger partial charge in [0.05, 0.1) is 0 Å². The molecule has 0 unspecified atom stereocenters. The molecule has 0 nitrogen and oxygen atoms in total. The first-order valence-corrected chi connectivity index (χ1v) is 6.66. The molecular formula is C16H14S. The Bertz CT molecular complexity index is 564. The van der Waals surface area contributed by atoms with E-state index in [1.807, 2.05) is 11.8 Å². The van der Waals surface area contributed by atoms with Gasteiger partial charge in [-0.1, -0.05) is 53.7 Å². The van der Waals surface area contributed by atoms with E-state index in [0.29, 0.717) is 0 Å². The molecule has 2 aromatic carbocycles. The molecule has 0 atom stereocenters. The number of hydrogen-bond acceptors (Lipinski definition) is 1. The quantitative estimate of drug-likeness (QED) is 0.731. The highest BCUT2D eigenvalue weighted by Gasteiger charge is 2.12. The zero-order valence-electron chi connectivity index (χ0n) is 9.81. The molecular weight excluding hydrogens is 224 g/mol. The lowest BCUT2D eigenvalue weighted by Gasteiger charge is -2.02. The summed E-state index contributed by atoms with van der Waals surface area (Å²) in [5, 5.41) is 0. The number of fused-ring (bicyclic) bond motifs is 1. The van der Waals surface area contributed by atoms with E-state index < -0.39 is 0 Å². The number of aryl methyl sites for hydroxylation is 1. The van der Waals surface area contributed by atoms with Crippen molar-refractivity contribution in [1.29, 1.82) is 0 Å². The van der Waals surface area contributed by atoms with Crippen molar-refractivity contribution in [3.63, 3.8) is 0 Å². The number of thioether (sulfide) groups is 1. The summed E-state index contributed by atoms with van der Waals surface area (Å²) in [6.45, 7) is 2.12. The van der Waals surface area contributed by atoms with Crippen molar-refractivity contribution in [1.82, 2.24) is 0 Å². The second kappa shape index (κ2) is 4.42. The molecule has 0 radical (unpaired) electrons. The summed E-state index contributed by atoms with van der Waals surface area (Å²) < 4.78 is 0. The van der Waals surface area contributed by atoms with E-state index in [9.17, 15) is 0 Å². The number of benzene rings is 2. The maximum absolute atomic E-state index is 2.31. The van der Waals surface area contributed by atoms with E-state index >= 15 is 0 Å². The molecule has 0 fully saturated rings. The lowest BCUT2D eigenvalue weighted by Crippen LogP contribution is -1.81. The Morgan fingerprint density at radius 3 is 2.47 bits per heavy atom. The van der Waals surface area contributed by atoms with Crippen molar-refractivity contribution < 1.29 is 0 Å². The predicted molar refractivity (Wildman–Crippen MR) is 75.2 cm³/mol. The highest BCUT2D eigenvalue weighted by Crippen LogP contribution is 2.36. The Morgan fingerprint density at radius 2 is 1.71 bits per heavy atom. The Morgan fingerprint density at radius 1 is 0.941 bits per heavy atom. The van der Waals surface area contributed by atoms with Gasteiger partial charge in [-0.25, -0.2) is 0 Å². The molecule has 0 amide bonds. The SMILES string of the molecule is Cc1ccc(SC2=Cc3ccccc3C2)cc1. The second-order valence-electron chi connectivity index (χ2n) is 4.40. The number of allylic oxidation sites excluding steroid dienone is 1. The van der Waals surface area contributed by atoms with Gasteiger partial charge >= 0.3 is 0 Å². The van der Waals surface area contributed by atoms with Gasteiger partial charge in [0, 0.05) is 11.3 Å². The third-order valence-corrected chi connectivity index (χ3v) is 4.04. The molecule has 3 rings (SSSR count). The van der Waals surface area contributed by atoms with Crippen LogP contribution in [-0.2, 0) is 6.42 Å². The molecule has 84 valence electrons. The molecule has 17 heavy (non-hydrogen) atoms. The molecule has 1 aliphatic carbocycles. The van der Waals surface area contributed by atoms with E-state index in [0.717, 1.165) is 6.42 Å². The molecule has 0 aliphatic heterocycles. The maximum Gasteiger partial charge on any atom is 0.0119 e. The van der Waals surface area contributed by atoms with Crippen LogP contribution in [0.15, 0.2) is 58.3 Å². The van der Waals surface area contributed by atoms with Crippen LogP contribution in [0.3, 0.4) is 0 Å². The minimum absolute atomic E-state index is 1.08. The monoisotopic (exact) mass is 238 g/mol. The summed E-state index contributed by atoms with van der Waals surface area (Å²) in [5.74, 6) is 0. The average molecular weight is 238 g/mol. The zero-order valence-corrected chi connectivity index (χ0v) is 10.6. The van der Waals surface area contributed by atoms with Crippen LogP contribution in [0.4, 0.5) is 0 Å². The summed E-state index contributed by atoms with van der Waals surface area (Å²) in [6, 6.07) is 17.4. The normalized spacial score (nSPS) is 13.4. The fraction of sp³-hybridized carbons (Fsp3) is 0.125. The Hall–Kier alpha value is -1.47. The molecule has 0 heterocycles. The molecule has 2 aromatic rings. The Kier molecular flexibility index (Phi) is 2.77. The maximum atomic E-state index is 2.31. The van der Waals surface area contributed by atoms with Gasteiger partial charge in [-0.3, -0.25) is 0 Å². The van der Waals surface area contributed by atoms with Crippen molar-refractivity contribution in [2.45, 2.75) is 18.2 Å². The lowest BCUT2D eigenvalue weighted by atomic mass is 10.1. The summed E-state index contributed by atoms with van der Waals surface area (Å²) in [7, 11) is 0. The van der Waals surface area contributed by atoms with E-state index in [-0.39, 0.29) is 0 Å². The van der Waals surface area contributed by atoms with Crippen molar-refractivity contribution in [2.75, 3.05) is 0 Å². The molecule has 1 aliphatic rings. The first-order chi connectivity index (χ1) is 8.31. The fourth-order valence-electron chi connectivity index (χ4n) is 2.07. The highest BCUT2D eigenvalue weighted by atomic mass is 32.2. The van der Waals surface area contributed by atoms with Gasteiger partial charge in [0.1, 0.15) is 0 Å². The highest BCUT2D eigenvalue weighted by molar-refractivity contribution is 8.03. The standard InChI is InChI=1S/C16H14S/c1-12-6-8-15(9-7-12)17-16-10-13-4-2-3-5-14(13)11-16/h2-10H,11H2,1H3. The Labute approximate surface area is 106 Å². The third-order valence-electron chi connectivity index (χ3n) is 3.01. The van der Waals surface area contributed by atoms with E-state index in [4.69, 9.17) is 0 Å². The van der Waals surface area contributed by atoms with Crippen LogP contribution in [0.25, 0.3) is 6.08 Å². The van der Waals surface area contributed by atoms with Gasteiger partial charge in [0.25, 0.3) is 0 Å². The molecule has 0 N–H and O–H groups in total. The van der Waals surface area contributed by atoms with Crippen LogP contribution in [0.1, 0.15) is 16.7 Å². The minimum atomic E-state index is 1.08. The van der Waals surface area contributed by atoms with E-state index in [1.165, 1.54) is 26.5 Å². The van der Waals surface area contributed by atoms with Crippen molar-refractivity contribution in [3.8, 4) is 0 Å². The number of hydrogen-bond donors (Lipinski definition) is 0. The van der Waals surface area contributed by atoms with Crippen LogP contribution in [-0.4, -0.2) is 0 Å². The van der Waals surface area contributed by atoms with Crippen LogP contribution in [0, 0.1) is 6.92 Å². The van der Waals surface area contributed by atoms with Crippen molar-refractivity contribution in [3.05, 3.63) is 70.1 Å². The Balaban J connectivity index is 1.79. The van der Waals surface area contributed by atoms with Crippen LogP contribution in [0.2, 0.25) is 0 Å². The van der Waals surface area contributed by atoms with Gasteiger partial charge in [0.15, 0.2) is 0 Å². The van der Waals surface area contributed by atoms with Crippen LogP contribution < -0.4 is 0 Å². The molecule has 0 aromatic heterocycles. The second-order valence-corrected chi connectivity index (χ2v) is 5.60. The van der Waals surface area contributed by atoms with Crippen molar-refractivity contribution >= 4 is 17.8 Å². The first kappa shape index (κ1) is 10.7. The average Bonchev–Trinajstić information content (AvgIpc) is 2.74. The summed E-state index contributed by atoms with van der Waals surface area (Å²) >= 11 is 1.88. The summed E-state index contributed by atoms with van der Waals surface area (Å²) in [6.07, 6.45) is 3.38. The minimum Gasteiger partial charge on any atom is -0.0942 e. The number of rotatable bonds is 2. The molecule has 0 saturated heterocycles. The molecule has 1 heteroatoms. The summed E-state index contributed by atoms with van der Waals surface area (Å²) in [4.78, 5) is 2.77. The van der Waals surface area contributed by atoms with Crippen LogP contribution in [0.5, 0.6) is 0 Å². The molecule has 0 saturated carbocycles. The van der Waals surface area contributed by atoms with Gasteiger partial charge in [0.2, 0.25) is 0 Å². The van der Waals surface area contributed by atoms with E-state index in [2.05, 4.69) is 61.5 Å². The lowest BCUT2D eigenvalue weighted by molar-refractivity contribution is 1.29. The van der Waals surface area contributed by atoms with Gasteiger partial charge in [-0.05, 0) is 41.2 Å². The van der Waals surface area contributed by atoms with Gasteiger partial charge in [-0.15, -0.1) is 0 Å². The van der Waals surface area contributed by atoms with Crippen LogP contribution >= 0.6 is 11.8 Å². The molecule has 0 bridgehead atoms. The molecule has 0 spiro atoms. The first-order valence-electron chi connectivity index (χ1n) is 5.84.